The second-order valence-electron chi connectivity index (χ2n) is 4.08. The number of aromatic nitrogens is 2. The molecule has 1 heterocycles. The van der Waals surface area contributed by atoms with Gasteiger partial charge in [0, 0.05) is 12.0 Å². The Labute approximate surface area is 93.7 Å². The fraction of sp³-hybridized carbons (Fsp3) is 0.333. The van der Waals surface area contributed by atoms with Crippen LogP contribution in [0.1, 0.15) is 23.8 Å². The van der Waals surface area contributed by atoms with E-state index in [1.54, 1.807) is 0 Å². The highest BCUT2D eigenvalue weighted by atomic mass is 16.5. The van der Waals surface area contributed by atoms with E-state index >= 15 is 0 Å². The van der Waals surface area contributed by atoms with Crippen LogP contribution in [0.4, 0.5) is 0 Å². The van der Waals surface area contributed by atoms with Gasteiger partial charge in [0.1, 0.15) is 0 Å². The molecular weight excluding hydrogens is 202 g/mol. The lowest BCUT2D eigenvalue weighted by atomic mass is 10.1. The third-order valence-electron chi connectivity index (χ3n) is 2.94. The Balaban J connectivity index is 1.53. The summed E-state index contributed by atoms with van der Waals surface area (Å²) in [6, 6.07) is 11.1. The maximum atomic E-state index is 4.93. The highest BCUT2D eigenvalue weighted by Crippen LogP contribution is 2.40. The molecule has 1 N–H and O–H groups in total. The Morgan fingerprint density at radius 3 is 2.94 bits per heavy atom. The molecule has 1 saturated carbocycles. The minimum absolute atomic E-state index is 0.550. The van der Waals surface area contributed by atoms with E-state index < -0.39 is 0 Å². The van der Waals surface area contributed by atoms with Gasteiger partial charge in [-0.15, -0.1) is 0 Å². The van der Waals surface area contributed by atoms with Crippen LogP contribution in [0.3, 0.4) is 0 Å². The van der Waals surface area contributed by atoms with Gasteiger partial charge in [0.05, 0.1) is 6.54 Å². The number of rotatable bonds is 4. The van der Waals surface area contributed by atoms with Crippen LogP contribution in [0, 0.1) is 0 Å². The molecule has 16 heavy (non-hydrogen) atoms. The quantitative estimate of drug-likeness (QED) is 0.843. The summed E-state index contributed by atoms with van der Waals surface area (Å²) >= 11 is 0. The number of benzene rings is 1. The van der Waals surface area contributed by atoms with Crippen LogP contribution in [0.2, 0.25) is 0 Å². The molecule has 0 spiro atoms. The maximum absolute atomic E-state index is 4.93. The molecule has 3 rings (SSSR count). The van der Waals surface area contributed by atoms with Gasteiger partial charge in [-0.1, -0.05) is 35.5 Å². The summed E-state index contributed by atoms with van der Waals surface area (Å²) in [5.74, 6) is 1.29. The van der Waals surface area contributed by atoms with Crippen LogP contribution in [0.5, 0.6) is 0 Å². The summed E-state index contributed by atoms with van der Waals surface area (Å²) < 4.78 is 4.93. The molecule has 4 nitrogen and oxygen atoms in total. The first-order valence-electron chi connectivity index (χ1n) is 5.47. The first kappa shape index (κ1) is 9.54. The Bertz CT molecular complexity index is 441. The monoisotopic (exact) mass is 215 g/mol. The topological polar surface area (TPSA) is 51.0 Å². The highest BCUT2D eigenvalue weighted by Gasteiger charge is 2.37. The summed E-state index contributed by atoms with van der Waals surface area (Å²) in [6.07, 6.45) is 2.62. The lowest BCUT2D eigenvalue weighted by molar-refractivity contribution is 0.365. The van der Waals surface area contributed by atoms with Crippen molar-refractivity contribution in [3.8, 4) is 0 Å². The fourth-order valence-corrected chi connectivity index (χ4v) is 1.98. The van der Waals surface area contributed by atoms with E-state index in [0.717, 1.165) is 0 Å². The summed E-state index contributed by atoms with van der Waals surface area (Å²) in [4.78, 5) is 3.97. The molecule has 82 valence electrons. The van der Waals surface area contributed by atoms with Crippen molar-refractivity contribution in [1.29, 1.82) is 0 Å². The summed E-state index contributed by atoms with van der Waals surface area (Å²) in [5, 5.41) is 6.98. The third kappa shape index (κ3) is 1.97. The predicted octanol–water partition coefficient (Wildman–Crippen LogP) is 1.72. The van der Waals surface area contributed by atoms with E-state index in [2.05, 4.69) is 39.7 Å². The first-order valence-corrected chi connectivity index (χ1v) is 5.47. The molecule has 2 atom stereocenters. The maximum Gasteiger partial charge on any atom is 0.240 e. The van der Waals surface area contributed by atoms with Crippen molar-refractivity contribution < 1.29 is 4.52 Å². The zero-order valence-electron chi connectivity index (χ0n) is 8.84. The van der Waals surface area contributed by atoms with Gasteiger partial charge in [0.25, 0.3) is 0 Å². The number of nitrogens with one attached hydrogen (secondary N) is 1. The number of hydrogen-bond acceptors (Lipinski definition) is 4. The van der Waals surface area contributed by atoms with Gasteiger partial charge in [-0.05, 0) is 12.0 Å². The van der Waals surface area contributed by atoms with Crippen LogP contribution in [0.15, 0.2) is 41.2 Å². The normalized spacial score (nSPS) is 23.2. The Hall–Kier alpha value is -1.68. The minimum atomic E-state index is 0.550. The summed E-state index contributed by atoms with van der Waals surface area (Å²) in [5.41, 5.74) is 1.41. The van der Waals surface area contributed by atoms with Crippen LogP contribution >= 0.6 is 0 Å². The molecule has 1 aliphatic rings. The molecule has 2 aromatic rings. The second-order valence-corrected chi connectivity index (χ2v) is 4.08. The molecular formula is C12H13N3O. The van der Waals surface area contributed by atoms with Crippen molar-refractivity contribution >= 4 is 0 Å². The van der Waals surface area contributed by atoms with Crippen molar-refractivity contribution in [3.63, 3.8) is 0 Å². The zero-order chi connectivity index (χ0) is 10.8. The van der Waals surface area contributed by atoms with Crippen LogP contribution < -0.4 is 5.32 Å². The molecule has 0 radical (unpaired) electrons. The van der Waals surface area contributed by atoms with Crippen molar-refractivity contribution in [3.05, 3.63) is 48.1 Å². The lowest BCUT2D eigenvalue weighted by Crippen LogP contribution is -2.17. The molecule has 0 unspecified atom stereocenters. The average molecular weight is 215 g/mol. The Morgan fingerprint density at radius 2 is 2.19 bits per heavy atom. The van der Waals surface area contributed by atoms with Gasteiger partial charge in [-0.3, -0.25) is 0 Å². The largest absolute Gasteiger partial charge is 0.338 e. The summed E-state index contributed by atoms with van der Waals surface area (Å²) in [6.45, 7) is 0.661. The number of nitrogens with zero attached hydrogens (tertiary/aromatic N) is 2. The van der Waals surface area contributed by atoms with Gasteiger partial charge in [0.15, 0.2) is 6.33 Å². The molecule has 1 aromatic heterocycles. The summed E-state index contributed by atoms with van der Waals surface area (Å²) in [7, 11) is 0. The van der Waals surface area contributed by atoms with Gasteiger partial charge < -0.3 is 9.84 Å². The molecule has 0 saturated heterocycles. The van der Waals surface area contributed by atoms with Crippen molar-refractivity contribution in [1.82, 2.24) is 15.5 Å². The molecule has 0 aliphatic heterocycles. The predicted molar refractivity (Wildman–Crippen MR) is 58.7 cm³/mol. The van der Waals surface area contributed by atoms with E-state index in [1.165, 1.54) is 18.3 Å². The van der Waals surface area contributed by atoms with E-state index in [1.807, 2.05) is 6.07 Å². The minimum Gasteiger partial charge on any atom is -0.338 e. The zero-order valence-corrected chi connectivity index (χ0v) is 8.84. The van der Waals surface area contributed by atoms with Crippen molar-refractivity contribution in [2.75, 3.05) is 0 Å². The van der Waals surface area contributed by atoms with Gasteiger partial charge in [0.2, 0.25) is 5.89 Å². The van der Waals surface area contributed by atoms with Crippen molar-refractivity contribution in [2.45, 2.75) is 24.9 Å². The fourth-order valence-electron chi connectivity index (χ4n) is 1.98. The molecule has 0 bridgehead atoms. The third-order valence-corrected chi connectivity index (χ3v) is 2.94. The van der Waals surface area contributed by atoms with E-state index in [0.29, 0.717) is 24.4 Å². The van der Waals surface area contributed by atoms with E-state index in [-0.39, 0.29) is 0 Å². The smallest absolute Gasteiger partial charge is 0.240 e. The van der Waals surface area contributed by atoms with Crippen LogP contribution in [-0.4, -0.2) is 16.2 Å². The highest BCUT2D eigenvalue weighted by molar-refractivity contribution is 5.27. The van der Waals surface area contributed by atoms with Crippen LogP contribution in [-0.2, 0) is 6.54 Å². The molecule has 0 amide bonds. The van der Waals surface area contributed by atoms with Gasteiger partial charge in [-0.2, -0.15) is 4.98 Å². The first-order chi connectivity index (χ1) is 7.93. The second kappa shape index (κ2) is 4.06. The number of hydrogen-bond donors (Lipinski definition) is 1. The van der Waals surface area contributed by atoms with E-state index in [9.17, 15) is 0 Å². The Morgan fingerprint density at radius 1 is 1.31 bits per heavy atom. The van der Waals surface area contributed by atoms with Gasteiger partial charge >= 0.3 is 0 Å². The standard InChI is InChI=1S/C12H13N3O/c1-2-4-9(5-3-1)10-6-11(10)13-7-12-14-8-15-16-12/h1-5,8,10-11,13H,6-7H2/t10-,11+/m0/s1. The Kier molecular flexibility index (Phi) is 2.42. The van der Waals surface area contributed by atoms with Crippen LogP contribution in [0.25, 0.3) is 0 Å². The van der Waals surface area contributed by atoms with Gasteiger partial charge in [-0.25, -0.2) is 0 Å². The van der Waals surface area contributed by atoms with Crippen molar-refractivity contribution in [2.24, 2.45) is 0 Å². The average Bonchev–Trinajstić information content (AvgIpc) is 2.93. The molecule has 4 heteroatoms. The van der Waals surface area contributed by atoms with E-state index in [4.69, 9.17) is 4.52 Å². The lowest BCUT2D eigenvalue weighted by Gasteiger charge is -2.00. The molecule has 1 aliphatic carbocycles. The molecule has 1 fully saturated rings. The molecule has 1 aromatic carbocycles. The SMILES string of the molecule is c1ccc([C@@H]2C[C@H]2NCc2ncno2)cc1.